The molecule has 2 bridgehead atoms. The Hall–Kier alpha value is -3.08. The van der Waals surface area contributed by atoms with Gasteiger partial charge in [0.25, 0.3) is 11.5 Å². The van der Waals surface area contributed by atoms with E-state index in [1.807, 2.05) is 43.0 Å². The van der Waals surface area contributed by atoms with Crippen LogP contribution >= 0.6 is 0 Å². The fourth-order valence-corrected chi connectivity index (χ4v) is 9.28. The zero-order chi connectivity index (χ0) is 34.9. The molecule has 6 atom stereocenters. The van der Waals surface area contributed by atoms with Gasteiger partial charge in [-0.2, -0.15) is 0 Å². The summed E-state index contributed by atoms with van der Waals surface area (Å²) in [5, 5.41) is 14.4. The minimum atomic E-state index is -3.52. The van der Waals surface area contributed by atoms with Crippen LogP contribution in [0.15, 0.2) is 35.1 Å². The Bertz CT molecular complexity index is 1630. The minimum absolute atomic E-state index is 0.0510. The third-order valence-corrected chi connectivity index (χ3v) is 12.6. The van der Waals surface area contributed by atoms with E-state index < -0.39 is 33.6 Å². The SMILES string of the molecule is COC(=O)N(CCN1CCC(S(=O)(=O)N(C)C)C1N)CC(O)CN1[C@@H]2CC[C@H]1CC(NC(=O)c1cc3ccccc3n(C(C)C)c1=O)C2. The molecular weight excluding hydrogens is 638 g/mol. The number of aliphatic hydroxyl groups is 1. The number of aromatic nitrogens is 1. The van der Waals surface area contributed by atoms with E-state index in [-0.39, 0.29) is 54.3 Å². The second-order valence-corrected chi connectivity index (χ2v) is 16.2. The van der Waals surface area contributed by atoms with Gasteiger partial charge in [0.2, 0.25) is 10.0 Å². The van der Waals surface area contributed by atoms with Crippen molar-refractivity contribution in [2.24, 2.45) is 5.73 Å². The molecule has 14 nitrogen and oxygen atoms in total. The first-order valence-electron chi connectivity index (χ1n) is 16.9. The molecule has 48 heavy (non-hydrogen) atoms. The van der Waals surface area contributed by atoms with Crippen molar-refractivity contribution in [1.82, 2.24) is 28.9 Å². The summed E-state index contributed by atoms with van der Waals surface area (Å²) >= 11 is 0. The highest BCUT2D eigenvalue weighted by atomic mass is 32.2. The fraction of sp³-hybridized carbons (Fsp3) is 0.667. The maximum absolute atomic E-state index is 13.5. The number of nitrogens with two attached hydrogens (primary N) is 1. The van der Waals surface area contributed by atoms with E-state index in [9.17, 15) is 27.9 Å². The van der Waals surface area contributed by atoms with Gasteiger partial charge < -0.3 is 30.4 Å². The van der Waals surface area contributed by atoms with E-state index in [4.69, 9.17) is 10.5 Å². The Morgan fingerprint density at radius 1 is 1.12 bits per heavy atom. The zero-order valence-electron chi connectivity index (χ0n) is 28.6. The first-order valence-corrected chi connectivity index (χ1v) is 18.4. The number of piperidine rings is 1. The van der Waals surface area contributed by atoms with Crippen molar-refractivity contribution >= 4 is 32.9 Å². The van der Waals surface area contributed by atoms with Gasteiger partial charge in [-0.15, -0.1) is 0 Å². The highest BCUT2D eigenvalue weighted by molar-refractivity contribution is 7.89. The number of aliphatic hydroxyl groups excluding tert-OH is 1. The topological polar surface area (TPSA) is 171 Å². The molecule has 4 heterocycles. The molecule has 266 valence electrons. The molecule has 3 aliphatic rings. The van der Waals surface area contributed by atoms with Crippen molar-refractivity contribution < 1.29 is 27.9 Å². The van der Waals surface area contributed by atoms with E-state index in [0.717, 1.165) is 23.7 Å². The van der Waals surface area contributed by atoms with Gasteiger partial charge in [-0.25, -0.2) is 17.5 Å². The van der Waals surface area contributed by atoms with Gasteiger partial charge in [0, 0.05) is 64.4 Å². The van der Waals surface area contributed by atoms with E-state index in [1.165, 1.54) is 30.4 Å². The molecule has 15 heteroatoms. The van der Waals surface area contributed by atoms with Crippen LogP contribution in [0.5, 0.6) is 0 Å². The van der Waals surface area contributed by atoms with Crippen molar-refractivity contribution in [2.45, 2.75) is 87.6 Å². The van der Waals surface area contributed by atoms with Gasteiger partial charge in [0.1, 0.15) is 10.8 Å². The van der Waals surface area contributed by atoms with E-state index in [0.29, 0.717) is 38.9 Å². The normalized spacial score (nSPS) is 25.6. The summed E-state index contributed by atoms with van der Waals surface area (Å²) in [5.74, 6) is -0.366. The number of para-hydroxylation sites is 1. The number of carbonyl (C=O) groups is 2. The third-order valence-electron chi connectivity index (χ3n) is 10.3. The lowest BCUT2D eigenvalue weighted by atomic mass is 9.96. The first-order chi connectivity index (χ1) is 22.7. The molecule has 3 saturated heterocycles. The summed E-state index contributed by atoms with van der Waals surface area (Å²) in [6.07, 6.45) is 1.55. The maximum Gasteiger partial charge on any atom is 0.409 e. The molecule has 4 N–H and O–H groups in total. The van der Waals surface area contributed by atoms with Crippen LogP contribution in [-0.2, 0) is 14.8 Å². The summed E-state index contributed by atoms with van der Waals surface area (Å²) in [4.78, 5) is 45.1. The van der Waals surface area contributed by atoms with E-state index in [2.05, 4.69) is 10.2 Å². The number of likely N-dealkylation sites (tertiary alicyclic amines) is 1. The highest BCUT2D eigenvalue weighted by Crippen LogP contribution is 2.36. The minimum Gasteiger partial charge on any atom is -0.453 e. The van der Waals surface area contributed by atoms with Crippen molar-refractivity contribution in [3.05, 3.63) is 46.2 Å². The molecular formula is C33H51N7O7S. The molecule has 2 aromatic rings. The molecule has 0 aliphatic carbocycles. The number of hydrogen-bond donors (Lipinski definition) is 3. The quantitative estimate of drug-likeness (QED) is 0.292. The smallest absolute Gasteiger partial charge is 0.409 e. The third kappa shape index (κ3) is 7.41. The van der Waals surface area contributed by atoms with Crippen molar-refractivity contribution in [3.8, 4) is 0 Å². The van der Waals surface area contributed by atoms with Crippen LogP contribution in [0.4, 0.5) is 4.79 Å². The second-order valence-electron chi connectivity index (χ2n) is 13.9. The summed E-state index contributed by atoms with van der Waals surface area (Å²) < 4.78 is 33.2. The molecule has 5 rings (SSSR count). The number of rotatable bonds is 12. The number of ether oxygens (including phenoxy) is 1. The average molecular weight is 690 g/mol. The van der Waals surface area contributed by atoms with Crippen LogP contribution in [0.2, 0.25) is 0 Å². The Morgan fingerprint density at radius 3 is 2.42 bits per heavy atom. The highest BCUT2D eigenvalue weighted by Gasteiger charge is 2.43. The van der Waals surface area contributed by atoms with Crippen molar-refractivity contribution in [2.75, 3.05) is 53.9 Å². The maximum atomic E-state index is 13.5. The summed E-state index contributed by atoms with van der Waals surface area (Å²) in [7, 11) is 0.755. The zero-order valence-corrected chi connectivity index (χ0v) is 29.4. The molecule has 2 amide bonds. The number of methoxy groups -OCH3 is 1. The largest absolute Gasteiger partial charge is 0.453 e. The van der Waals surface area contributed by atoms with Crippen LogP contribution in [-0.4, -0.2) is 139 Å². The molecule has 1 aromatic heterocycles. The predicted octanol–water partition coefficient (Wildman–Crippen LogP) is 0.987. The van der Waals surface area contributed by atoms with Crippen LogP contribution in [0.25, 0.3) is 10.9 Å². The van der Waals surface area contributed by atoms with Crippen molar-refractivity contribution in [1.29, 1.82) is 0 Å². The number of benzene rings is 1. The Balaban J connectivity index is 1.17. The average Bonchev–Trinajstić information content (AvgIpc) is 3.51. The summed E-state index contributed by atoms with van der Waals surface area (Å²) in [6.45, 7) is 5.33. The molecule has 0 radical (unpaired) electrons. The van der Waals surface area contributed by atoms with Gasteiger partial charge in [0.05, 0.1) is 31.4 Å². The van der Waals surface area contributed by atoms with Gasteiger partial charge >= 0.3 is 6.09 Å². The fourth-order valence-electron chi connectivity index (χ4n) is 7.81. The summed E-state index contributed by atoms with van der Waals surface area (Å²) in [5.41, 5.74) is 6.95. The number of amides is 2. The number of pyridine rings is 1. The number of hydrogen-bond acceptors (Lipinski definition) is 10. The Labute approximate surface area is 282 Å². The number of carbonyl (C=O) groups excluding carboxylic acids is 2. The molecule has 1 aromatic carbocycles. The molecule has 3 fully saturated rings. The van der Waals surface area contributed by atoms with Crippen LogP contribution < -0.4 is 16.6 Å². The Morgan fingerprint density at radius 2 is 1.79 bits per heavy atom. The van der Waals surface area contributed by atoms with Gasteiger partial charge in [-0.3, -0.25) is 19.4 Å². The lowest BCUT2D eigenvalue weighted by Crippen LogP contribution is -2.54. The van der Waals surface area contributed by atoms with Crippen molar-refractivity contribution in [3.63, 3.8) is 0 Å². The van der Waals surface area contributed by atoms with Crippen LogP contribution in [0, 0.1) is 0 Å². The summed E-state index contributed by atoms with van der Waals surface area (Å²) in [6, 6.07) is 9.36. The van der Waals surface area contributed by atoms with Gasteiger partial charge in [-0.1, -0.05) is 18.2 Å². The number of sulfonamides is 1. The van der Waals surface area contributed by atoms with Gasteiger partial charge in [0.15, 0.2) is 0 Å². The number of nitrogens with zero attached hydrogens (tertiary/aromatic N) is 5. The first kappa shape index (κ1) is 36.2. The molecule has 3 aliphatic heterocycles. The second kappa shape index (κ2) is 14.8. The van der Waals surface area contributed by atoms with Crippen LogP contribution in [0.3, 0.4) is 0 Å². The Kier molecular flexibility index (Phi) is 11.2. The molecule has 0 saturated carbocycles. The molecule has 4 unspecified atom stereocenters. The lowest BCUT2D eigenvalue weighted by Gasteiger charge is -2.40. The van der Waals surface area contributed by atoms with Gasteiger partial charge in [-0.05, 0) is 63.5 Å². The van der Waals surface area contributed by atoms with E-state index >= 15 is 0 Å². The van der Waals surface area contributed by atoms with Crippen LogP contribution in [0.1, 0.15) is 62.4 Å². The van der Waals surface area contributed by atoms with E-state index in [1.54, 1.807) is 10.6 Å². The standard InChI is InChI=1S/C33H51N7O7S/c1-21(2)40-28-9-7-6-8-22(28)16-27(32(40)43)31(42)35-23-17-24-10-11-25(18-23)39(24)20-26(41)19-38(33(44)47-5)15-14-37-13-12-29(30(37)34)48(45,46)36(3)4/h6-9,16,21,23-26,29-30,41H,10-15,17-20,34H2,1-5H3,(H,35,42)/t23?,24-,25+,26?,29?,30?. The lowest BCUT2D eigenvalue weighted by molar-refractivity contribution is 0.0296. The molecule has 0 spiro atoms. The number of fused-ring (bicyclic) bond motifs is 3. The monoisotopic (exact) mass is 689 g/mol. The number of nitrogens with one attached hydrogen (secondary N) is 1. The predicted molar refractivity (Wildman–Crippen MR) is 183 cm³/mol.